The Labute approximate surface area is 150 Å². The van der Waals surface area contributed by atoms with Crippen LogP contribution in [0.1, 0.15) is 22.3 Å². The summed E-state index contributed by atoms with van der Waals surface area (Å²) in [5.41, 5.74) is 2.05. The van der Waals surface area contributed by atoms with Gasteiger partial charge in [0.15, 0.2) is 0 Å². The van der Waals surface area contributed by atoms with E-state index >= 15 is 0 Å². The van der Waals surface area contributed by atoms with Crippen molar-refractivity contribution in [3.8, 4) is 5.75 Å². The maximum Gasteiger partial charge on any atom is 0.257 e. The molecule has 2 aromatic carbocycles. The monoisotopic (exact) mass is 338 g/mol. The van der Waals surface area contributed by atoms with Crippen molar-refractivity contribution < 1.29 is 9.53 Å². The van der Waals surface area contributed by atoms with Gasteiger partial charge in [0, 0.05) is 26.2 Å². The van der Waals surface area contributed by atoms with Gasteiger partial charge in [-0.3, -0.25) is 9.69 Å². The topological polar surface area (TPSA) is 32.8 Å². The van der Waals surface area contributed by atoms with Gasteiger partial charge in [0.1, 0.15) is 5.75 Å². The van der Waals surface area contributed by atoms with Crippen molar-refractivity contribution >= 4 is 5.91 Å². The molecule has 4 heteroatoms. The van der Waals surface area contributed by atoms with Crippen molar-refractivity contribution in [1.82, 2.24) is 9.80 Å². The normalized spacial score (nSPS) is 15.2. The van der Waals surface area contributed by atoms with Crippen LogP contribution in [0.2, 0.25) is 0 Å². The number of aryl methyl sites for hydroxylation is 1. The predicted molar refractivity (Wildman–Crippen MR) is 100 cm³/mol. The minimum absolute atomic E-state index is 0.0707. The Hall–Kier alpha value is -2.33. The van der Waals surface area contributed by atoms with Gasteiger partial charge in [-0.05, 0) is 37.1 Å². The number of benzene rings is 2. The Morgan fingerprint density at radius 1 is 0.960 bits per heavy atom. The van der Waals surface area contributed by atoms with E-state index < -0.39 is 0 Å². The van der Waals surface area contributed by atoms with Crippen LogP contribution in [-0.4, -0.2) is 55.5 Å². The fourth-order valence-electron chi connectivity index (χ4n) is 3.32. The Morgan fingerprint density at radius 3 is 2.36 bits per heavy atom. The molecule has 0 aliphatic carbocycles. The maximum absolute atomic E-state index is 12.7. The molecule has 0 spiro atoms. The second-order valence-corrected chi connectivity index (χ2v) is 6.42. The summed E-state index contributed by atoms with van der Waals surface area (Å²) < 4.78 is 5.32. The number of para-hydroxylation sites is 1. The molecule has 0 saturated carbocycles. The predicted octanol–water partition coefficient (Wildman–Crippen LogP) is 3.09. The van der Waals surface area contributed by atoms with Gasteiger partial charge in [-0.1, -0.05) is 42.5 Å². The number of carbonyl (C=O) groups is 1. The molecule has 25 heavy (non-hydrogen) atoms. The number of hydrogen-bond donors (Lipinski definition) is 0. The van der Waals surface area contributed by atoms with Crippen LogP contribution in [0, 0.1) is 0 Å². The lowest BCUT2D eigenvalue weighted by Gasteiger charge is -2.35. The van der Waals surface area contributed by atoms with E-state index in [1.807, 2.05) is 29.2 Å². The summed E-state index contributed by atoms with van der Waals surface area (Å²) in [5.74, 6) is 0.721. The molecule has 0 radical (unpaired) electrons. The smallest absolute Gasteiger partial charge is 0.257 e. The lowest BCUT2D eigenvalue weighted by atomic mass is 10.1. The second-order valence-electron chi connectivity index (χ2n) is 6.42. The van der Waals surface area contributed by atoms with Gasteiger partial charge in [-0.15, -0.1) is 0 Å². The zero-order valence-corrected chi connectivity index (χ0v) is 14.9. The van der Waals surface area contributed by atoms with Gasteiger partial charge in [0.2, 0.25) is 0 Å². The SMILES string of the molecule is COc1ccccc1C(=O)N1CCN(CCCc2ccccc2)CC1. The number of amides is 1. The third-order valence-corrected chi connectivity index (χ3v) is 4.78. The van der Waals surface area contributed by atoms with Crippen LogP contribution in [0.3, 0.4) is 0 Å². The molecule has 3 rings (SSSR count). The van der Waals surface area contributed by atoms with Gasteiger partial charge >= 0.3 is 0 Å². The number of ether oxygens (including phenoxy) is 1. The first-order chi connectivity index (χ1) is 12.3. The van der Waals surface area contributed by atoms with Gasteiger partial charge in [-0.2, -0.15) is 0 Å². The molecule has 0 unspecified atom stereocenters. The highest BCUT2D eigenvalue weighted by molar-refractivity contribution is 5.97. The molecule has 1 heterocycles. The second kappa shape index (κ2) is 8.67. The number of hydrogen-bond acceptors (Lipinski definition) is 3. The van der Waals surface area contributed by atoms with Crippen molar-refractivity contribution in [3.63, 3.8) is 0 Å². The first-order valence-electron chi connectivity index (χ1n) is 8.96. The van der Waals surface area contributed by atoms with Crippen molar-refractivity contribution in [3.05, 3.63) is 65.7 Å². The molecule has 1 amide bonds. The van der Waals surface area contributed by atoms with Gasteiger partial charge in [0.05, 0.1) is 12.7 Å². The van der Waals surface area contributed by atoms with Crippen LogP contribution in [0.5, 0.6) is 5.75 Å². The van der Waals surface area contributed by atoms with Crippen molar-refractivity contribution in [2.24, 2.45) is 0 Å². The third kappa shape index (κ3) is 4.60. The molecule has 0 bridgehead atoms. The highest BCUT2D eigenvalue weighted by Gasteiger charge is 2.23. The van der Waals surface area contributed by atoms with E-state index in [4.69, 9.17) is 4.74 Å². The number of piperazine rings is 1. The standard InChI is InChI=1S/C21H26N2O2/c1-25-20-12-6-5-11-19(20)21(24)23-16-14-22(15-17-23)13-7-10-18-8-3-2-4-9-18/h2-6,8-9,11-12H,7,10,13-17H2,1H3. The van der Waals surface area contributed by atoms with E-state index in [1.165, 1.54) is 5.56 Å². The summed E-state index contributed by atoms with van der Waals surface area (Å²) in [5, 5.41) is 0. The quantitative estimate of drug-likeness (QED) is 0.811. The summed E-state index contributed by atoms with van der Waals surface area (Å²) in [7, 11) is 1.61. The van der Waals surface area contributed by atoms with Crippen LogP contribution >= 0.6 is 0 Å². The molecule has 0 N–H and O–H groups in total. The molecule has 2 aromatic rings. The van der Waals surface area contributed by atoms with E-state index in [1.54, 1.807) is 7.11 Å². The Morgan fingerprint density at radius 2 is 1.64 bits per heavy atom. The van der Waals surface area contributed by atoms with Crippen molar-refractivity contribution in [2.45, 2.75) is 12.8 Å². The summed E-state index contributed by atoms with van der Waals surface area (Å²) >= 11 is 0. The van der Waals surface area contributed by atoms with Crippen molar-refractivity contribution in [1.29, 1.82) is 0 Å². The lowest BCUT2D eigenvalue weighted by molar-refractivity contribution is 0.0633. The molecule has 4 nitrogen and oxygen atoms in total. The van der Waals surface area contributed by atoms with Crippen LogP contribution < -0.4 is 4.74 Å². The van der Waals surface area contributed by atoms with Gasteiger partial charge in [-0.25, -0.2) is 0 Å². The fourth-order valence-corrected chi connectivity index (χ4v) is 3.32. The zero-order valence-electron chi connectivity index (χ0n) is 14.9. The van der Waals surface area contributed by atoms with E-state index in [-0.39, 0.29) is 5.91 Å². The largest absolute Gasteiger partial charge is 0.496 e. The van der Waals surface area contributed by atoms with Crippen molar-refractivity contribution in [2.75, 3.05) is 39.8 Å². The summed E-state index contributed by atoms with van der Waals surface area (Å²) in [6.45, 7) is 4.53. The minimum atomic E-state index is 0.0707. The first kappa shape index (κ1) is 17.5. The van der Waals surface area contributed by atoms with Gasteiger partial charge < -0.3 is 9.64 Å². The molecular weight excluding hydrogens is 312 g/mol. The lowest BCUT2D eigenvalue weighted by Crippen LogP contribution is -2.48. The van der Waals surface area contributed by atoms with Crippen LogP contribution in [0.15, 0.2) is 54.6 Å². The maximum atomic E-state index is 12.7. The molecule has 132 valence electrons. The van der Waals surface area contributed by atoms with E-state index in [0.717, 1.165) is 45.6 Å². The zero-order chi connectivity index (χ0) is 17.5. The number of nitrogens with zero attached hydrogens (tertiary/aromatic N) is 2. The number of carbonyl (C=O) groups excluding carboxylic acids is 1. The van der Waals surface area contributed by atoms with Crippen LogP contribution in [0.25, 0.3) is 0 Å². The van der Waals surface area contributed by atoms with Gasteiger partial charge in [0.25, 0.3) is 5.91 Å². The van der Waals surface area contributed by atoms with Crippen LogP contribution in [0.4, 0.5) is 0 Å². The molecule has 1 aliphatic heterocycles. The molecular formula is C21H26N2O2. The average molecular weight is 338 g/mol. The minimum Gasteiger partial charge on any atom is -0.496 e. The molecule has 0 atom stereocenters. The summed E-state index contributed by atoms with van der Waals surface area (Å²) in [6.07, 6.45) is 2.27. The molecule has 0 aromatic heterocycles. The molecule has 1 saturated heterocycles. The average Bonchev–Trinajstić information content (AvgIpc) is 2.69. The van der Waals surface area contributed by atoms with E-state index in [0.29, 0.717) is 11.3 Å². The summed E-state index contributed by atoms with van der Waals surface area (Å²) in [6, 6.07) is 18.1. The Kier molecular flexibility index (Phi) is 6.07. The number of methoxy groups -OCH3 is 1. The Balaban J connectivity index is 1.46. The Bertz CT molecular complexity index is 679. The fraction of sp³-hybridized carbons (Fsp3) is 0.381. The van der Waals surface area contributed by atoms with E-state index in [9.17, 15) is 4.79 Å². The van der Waals surface area contributed by atoms with E-state index in [2.05, 4.69) is 35.2 Å². The summed E-state index contributed by atoms with van der Waals surface area (Å²) in [4.78, 5) is 17.1. The third-order valence-electron chi connectivity index (χ3n) is 4.78. The molecule has 1 aliphatic rings. The number of rotatable bonds is 6. The highest BCUT2D eigenvalue weighted by atomic mass is 16.5. The van der Waals surface area contributed by atoms with Crippen LogP contribution in [-0.2, 0) is 6.42 Å². The highest BCUT2D eigenvalue weighted by Crippen LogP contribution is 2.20. The first-order valence-corrected chi connectivity index (χ1v) is 8.96. The molecule has 1 fully saturated rings.